The van der Waals surface area contributed by atoms with Crippen molar-refractivity contribution in [2.45, 2.75) is 24.7 Å². The first kappa shape index (κ1) is 9.78. The average Bonchev–Trinajstić information content (AvgIpc) is 2.65. The van der Waals surface area contributed by atoms with Crippen molar-refractivity contribution in [2.24, 2.45) is 0 Å². The van der Waals surface area contributed by atoms with E-state index in [0.29, 0.717) is 5.13 Å². The number of hydrogen-bond donors (Lipinski definition) is 1. The Bertz CT molecular complexity index is 488. The Morgan fingerprint density at radius 1 is 1.12 bits per heavy atom. The highest BCUT2D eigenvalue weighted by Gasteiger charge is 2.43. The zero-order valence-corrected chi connectivity index (χ0v) is 9.70. The zero-order chi connectivity index (χ0) is 11.0. The molecule has 1 aromatic carbocycles. The molecule has 16 heavy (non-hydrogen) atoms. The molecule has 1 aliphatic rings. The summed E-state index contributed by atoms with van der Waals surface area (Å²) in [4.78, 5) is 0. The summed E-state index contributed by atoms with van der Waals surface area (Å²) in [6, 6.07) is 10.6. The fourth-order valence-electron chi connectivity index (χ4n) is 2.34. The molecule has 4 heteroatoms. The maximum absolute atomic E-state index is 5.68. The maximum atomic E-state index is 5.68. The van der Waals surface area contributed by atoms with Crippen LogP contribution in [-0.2, 0) is 5.41 Å². The molecule has 1 aromatic heterocycles. The number of rotatable bonds is 2. The summed E-state index contributed by atoms with van der Waals surface area (Å²) in [5, 5.41) is 9.80. The molecular formula is C12H13N3S. The number of benzene rings is 1. The number of nitrogen functional groups attached to an aromatic ring is 1. The van der Waals surface area contributed by atoms with Gasteiger partial charge in [-0.2, -0.15) is 0 Å². The topological polar surface area (TPSA) is 51.8 Å². The first-order chi connectivity index (χ1) is 7.81. The van der Waals surface area contributed by atoms with Gasteiger partial charge in [0.25, 0.3) is 0 Å². The number of nitrogens with two attached hydrogens (primary N) is 1. The Hall–Kier alpha value is -1.42. The van der Waals surface area contributed by atoms with E-state index in [4.69, 9.17) is 5.73 Å². The van der Waals surface area contributed by atoms with Crippen LogP contribution >= 0.6 is 11.3 Å². The Kier molecular flexibility index (Phi) is 2.17. The molecule has 3 nitrogen and oxygen atoms in total. The van der Waals surface area contributed by atoms with Crippen LogP contribution in [0.2, 0.25) is 0 Å². The van der Waals surface area contributed by atoms with Crippen molar-refractivity contribution < 1.29 is 0 Å². The van der Waals surface area contributed by atoms with Gasteiger partial charge in [0.05, 0.1) is 0 Å². The van der Waals surface area contributed by atoms with Gasteiger partial charge in [0.15, 0.2) is 0 Å². The molecule has 0 spiro atoms. The van der Waals surface area contributed by atoms with E-state index in [-0.39, 0.29) is 5.41 Å². The number of aromatic nitrogens is 2. The normalized spacial score (nSPS) is 18.0. The van der Waals surface area contributed by atoms with Crippen molar-refractivity contribution in [3.8, 4) is 0 Å². The second-order valence-electron chi connectivity index (χ2n) is 4.25. The quantitative estimate of drug-likeness (QED) is 0.864. The van der Waals surface area contributed by atoms with E-state index in [2.05, 4.69) is 34.5 Å². The molecule has 2 N–H and O–H groups in total. The van der Waals surface area contributed by atoms with Crippen molar-refractivity contribution in [3.05, 3.63) is 40.9 Å². The lowest BCUT2D eigenvalue weighted by molar-refractivity contribution is 0.299. The van der Waals surface area contributed by atoms with Crippen LogP contribution in [0.3, 0.4) is 0 Å². The molecule has 0 radical (unpaired) electrons. The molecule has 0 atom stereocenters. The Morgan fingerprint density at radius 3 is 2.38 bits per heavy atom. The number of nitrogens with zero attached hydrogens (tertiary/aromatic N) is 2. The minimum absolute atomic E-state index is 0.0938. The average molecular weight is 231 g/mol. The van der Waals surface area contributed by atoms with Crippen molar-refractivity contribution in [1.82, 2.24) is 10.2 Å². The van der Waals surface area contributed by atoms with E-state index in [1.165, 1.54) is 23.3 Å². The molecule has 0 bridgehead atoms. The third kappa shape index (κ3) is 1.33. The minimum atomic E-state index is 0.0938. The SMILES string of the molecule is Nc1nnc(C2(c3ccccc3)CCC2)s1. The van der Waals surface area contributed by atoms with Gasteiger partial charge in [-0.05, 0) is 18.4 Å². The fraction of sp³-hybridized carbons (Fsp3) is 0.333. The molecule has 1 heterocycles. The van der Waals surface area contributed by atoms with Gasteiger partial charge < -0.3 is 5.73 Å². The number of anilines is 1. The molecule has 0 unspecified atom stereocenters. The van der Waals surface area contributed by atoms with Crippen molar-refractivity contribution in [3.63, 3.8) is 0 Å². The number of hydrogen-bond acceptors (Lipinski definition) is 4. The van der Waals surface area contributed by atoms with Gasteiger partial charge in [-0.3, -0.25) is 0 Å². The third-order valence-electron chi connectivity index (χ3n) is 3.38. The van der Waals surface area contributed by atoms with Crippen LogP contribution in [0.1, 0.15) is 29.8 Å². The molecule has 3 rings (SSSR count). The minimum Gasteiger partial charge on any atom is -0.374 e. The second kappa shape index (κ2) is 3.56. The smallest absolute Gasteiger partial charge is 0.203 e. The summed E-state index contributed by atoms with van der Waals surface area (Å²) in [7, 11) is 0. The van der Waals surface area contributed by atoms with Crippen LogP contribution in [0.15, 0.2) is 30.3 Å². The standard InChI is InChI=1S/C12H13N3S/c13-11-15-14-10(16-11)12(7-4-8-12)9-5-2-1-3-6-9/h1-3,5-6H,4,7-8H2,(H2,13,15). The lowest BCUT2D eigenvalue weighted by Crippen LogP contribution is -2.35. The van der Waals surface area contributed by atoms with E-state index in [0.717, 1.165) is 17.8 Å². The van der Waals surface area contributed by atoms with Crippen LogP contribution in [0.25, 0.3) is 0 Å². The summed E-state index contributed by atoms with van der Waals surface area (Å²) in [5.74, 6) is 0. The highest BCUT2D eigenvalue weighted by atomic mass is 32.1. The van der Waals surface area contributed by atoms with Gasteiger partial charge in [-0.15, -0.1) is 10.2 Å². The molecule has 1 saturated carbocycles. The van der Waals surface area contributed by atoms with Crippen LogP contribution < -0.4 is 5.73 Å². The predicted octanol–water partition coefficient (Wildman–Crippen LogP) is 2.59. The molecular weight excluding hydrogens is 218 g/mol. The van der Waals surface area contributed by atoms with Crippen LogP contribution in [-0.4, -0.2) is 10.2 Å². The van der Waals surface area contributed by atoms with Crippen molar-refractivity contribution in [1.29, 1.82) is 0 Å². The second-order valence-corrected chi connectivity index (χ2v) is 5.26. The summed E-state index contributed by atoms with van der Waals surface area (Å²) in [6.45, 7) is 0. The zero-order valence-electron chi connectivity index (χ0n) is 8.89. The molecule has 82 valence electrons. The van der Waals surface area contributed by atoms with Gasteiger partial charge in [-0.1, -0.05) is 48.1 Å². The van der Waals surface area contributed by atoms with E-state index in [1.54, 1.807) is 0 Å². The van der Waals surface area contributed by atoms with Gasteiger partial charge in [0, 0.05) is 5.41 Å². The first-order valence-corrected chi connectivity index (χ1v) is 6.28. The molecule has 2 aromatic rings. The first-order valence-electron chi connectivity index (χ1n) is 5.46. The molecule has 0 aliphatic heterocycles. The van der Waals surface area contributed by atoms with Gasteiger partial charge in [-0.25, -0.2) is 0 Å². The van der Waals surface area contributed by atoms with Crippen LogP contribution in [0.5, 0.6) is 0 Å². The highest BCUT2D eigenvalue weighted by molar-refractivity contribution is 7.15. The van der Waals surface area contributed by atoms with Crippen molar-refractivity contribution >= 4 is 16.5 Å². The van der Waals surface area contributed by atoms with E-state index < -0.39 is 0 Å². The Balaban J connectivity index is 2.07. The monoisotopic (exact) mass is 231 g/mol. The predicted molar refractivity (Wildman–Crippen MR) is 65.4 cm³/mol. The van der Waals surface area contributed by atoms with Gasteiger partial charge >= 0.3 is 0 Å². The van der Waals surface area contributed by atoms with E-state index in [9.17, 15) is 0 Å². The lowest BCUT2D eigenvalue weighted by Gasteiger charge is -2.40. The van der Waals surface area contributed by atoms with Gasteiger partial charge in [0.1, 0.15) is 5.01 Å². The van der Waals surface area contributed by atoms with Crippen LogP contribution in [0.4, 0.5) is 5.13 Å². The maximum Gasteiger partial charge on any atom is 0.203 e. The molecule has 0 saturated heterocycles. The van der Waals surface area contributed by atoms with E-state index in [1.807, 2.05) is 6.07 Å². The summed E-state index contributed by atoms with van der Waals surface area (Å²) in [5.41, 5.74) is 7.12. The summed E-state index contributed by atoms with van der Waals surface area (Å²) in [6.07, 6.45) is 3.58. The van der Waals surface area contributed by atoms with Crippen molar-refractivity contribution in [2.75, 3.05) is 5.73 Å². The Morgan fingerprint density at radius 2 is 1.88 bits per heavy atom. The molecule has 1 fully saturated rings. The summed E-state index contributed by atoms with van der Waals surface area (Å²) >= 11 is 1.52. The molecule has 0 amide bonds. The van der Waals surface area contributed by atoms with Crippen LogP contribution in [0, 0.1) is 0 Å². The van der Waals surface area contributed by atoms with E-state index >= 15 is 0 Å². The highest BCUT2D eigenvalue weighted by Crippen LogP contribution is 2.49. The Labute approximate surface area is 98.3 Å². The summed E-state index contributed by atoms with van der Waals surface area (Å²) < 4.78 is 0. The third-order valence-corrected chi connectivity index (χ3v) is 4.34. The molecule has 1 aliphatic carbocycles. The fourth-order valence-corrected chi connectivity index (χ4v) is 3.22. The largest absolute Gasteiger partial charge is 0.374 e. The van der Waals surface area contributed by atoms with Gasteiger partial charge in [0.2, 0.25) is 5.13 Å². The lowest BCUT2D eigenvalue weighted by atomic mass is 9.65.